The molecule has 0 unspecified atom stereocenters. The van der Waals surface area contributed by atoms with Gasteiger partial charge in [0.05, 0.1) is 0 Å². The number of ether oxygens (including phenoxy) is 2. The van der Waals surface area contributed by atoms with Gasteiger partial charge in [-0.1, -0.05) is 12.1 Å². The smallest absolute Gasteiger partial charge is 0.229 e. The quantitative estimate of drug-likeness (QED) is 0.703. The van der Waals surface area contributed by atoms with Crippen LogP contribution in [0.15, 0.2) is 42.5 Å². The van der Waals surface area contributed by atoms with E-state index in [4.69, 9.17) is 9.47 Å². The van der Waals surface area contributed by atoms with Crippen molar-refractivity contribution in [2.45, 2.75) is 20.8 Å². The van der Waals surface area contributed by atoms with Crippen molar-refractivity contribution in [1.82, 2.24) is 9.97 Å². The van der Waals surface area contributed by atoms with E-state index in [1.54, 1.807) is 0 Å². The molecule has 0 saturated heterocycles. The monoisotopic (exact) mass is 362 g/mol. The average Bonchev–Trinajstić information content (AvgIpc) is 2.64. The zero-order valence-electron chi connectivity index (χ0n) is 15.7. The number of hydrogen-bond donors (Lipinski definition) is 2. The Bertz CT molecular complexity index is 988. The van der Waals surface area contributed by atoms with E-state index in [0.717, 1.165) is 34.1 Å². The number of aryl methyl sites for hydroxylation is 3. The molecule has 0 radical (unpaired) electrons. The number of benzene rings is 2. The molecule has 0 aliphatic carbocycles. The molecule has 6 nitrogen and oxygen atoms in total. The molecule has 2 N–H and O–H groups in total. The largest absolute Gasteiger partial charge is 0.486 e. The molecule has 0 fully saturated rings. The number of anilines is 4. The Balaban J connectivity index is 1.58. The van der Waals surface area contributed by atoms with Crippen LogP contribution in [0.25, 0.3) is 0 Å². The van der Waals surface area contributed by atoms with E-state index in [2.05, 4.69) is 52.6 Å². The lowest BCUT2D eigenvalue weighted by atomic mass is 10.1. The van der Waals surface area contributed by atoms with Crippen LogP contribution in [0.1, 0.15) is 16.8 Å². The molecule has 138 valence electrons. The molecule has 1 aliphatic rings. The van der Waals surface area contributed by atoms with Gasteiger partial charge in [-0.25, -0.2) is 4.98 Å². The van der Waals surface area contributed by atoms with Crippen LogP contribution in [0, 0.1) is 20.8 Å². The maximum Gasteiger partial charge on any atom is 0.229 e. The summed E-state index contributed by atoms with van der Waals surface area (Å²) in [6.45, 7) is 7.22. The third-order valence-electron chi connectivity index (χ3n) is 4.31. The van der Waals surface area contributed by atoms with Gasteiger partial charge < -0.3 is 20.1 Å². The Kier molecular flexibility index (Phi) is 4.54. The zero-order valence-corrected chi connectivity index (χ0v) is 15.7. The summed E-state index contributed by atoms with van der Waals surface area (Å²) in [6.07, 6.45) is 0. The van der Waals surface area contributed by atoms with E-state index in [1.165, 1.54) is 5.56 Å². The van der Waals surface area contributed by atoms with E-state index in [9.17, 15) is 0 Å². The lowest BCUT2D eigenvalue weighted by Gasteiger charge is -2.19. The summed E-state index contributed by atoms with van der Waals surface area (Å²) in [7, 11) is 0. The van der Waals surface area contributed by atoms with Crippen molar-refractivity contribution in [3.05, 3.63) is 59.3 Å². The topological polar surface area (TPSA) is 68.3 Å². The highest BCUT2D eigenvalue weighted by atomic mass is 16.6. The fourth-order valence-corrected chi connectivity index (χ4v) is 2.95. The molecular formula is C21H22N4O2. The van der Waals surface area contributed by atoms with Crippen molar-refractivity contribution in [3.63, 3.8) is 0 Å². The van der Waals surface area contributed by atoms with E-state index in [1.807, 2.05) is 31.2 Å². The highest BCUT2D eigenvalue weighted by Gasteiger charge is 2.12. The molecule has 3 aromatic rings. The molecule has 6 heteroatoms. The van der Waals surface area contributed by atoms with E-state index < -0.39 is 0 Å². The molecule has 0 amide bonds. The van der Waals surface area contributed by atoms with Crippen LogP contribution in [-0.4, -0.2) is 23.2 Å². The van der Waals surface area contributed by atoms with Gasteiger partial charge in [-0.05, 0) is 50.1 Å². The number of hydrogen-bond acceptors (Lipinski definition) is 6. The first-order valence-corrected chi connectivity index (χ1v) is 8.93. The molecule has 0 saturated carbocycles. The maximum absolute atomic E-state index is 5.64. The number of nitrogens with one attached hydrogen (secondary N) is 2. The van der Waals surface area contributed by atoms with Crippen LogP contribution in [0.3, 0.4) is 0 Å². The molecule has 0 bridgehead atoms. The summed E-state index contributed by atoms with van der Waals surface area (Å²) < 4.78 is 11.2. The molecule has 0 spiro atoms. The number of nitrogens with zero attached hydrogens (tertiary/aromatic N) is 2. The second-order valence-corrected chi connectivity index (χ2v) is 6.64. The maximum atomic E-state index is 5.64. The third-order valence-corrected chi connectivity index (χ3v) is 4.31. The summed E-state index contributed by atoms with van der Waals surface area (Å²) in [4.78, 5) is 9.11. The first-order chi connectivity index (χ1) is 13.1. The predicted molar refractivity (Wildman–Crippen MR) is 107 cm³/mol. The van der Waals surface area contributed by atoms with Crippen molar-refractivity contribution < 1.29 is 9.47 Å². The first-order valence-electron chi connectivity index (χ1n) is 8.93. The number of rotatable bonds is 4. The van der Waals surface area contributed by atoms with Crippen LogP contribution >= 0.6 is 0 Å². The predicted octanol–water partition coefficient (Wildman–Crippen LogP) is 4.66. The van der Waals surface area contributed by atoms with Crippen molar-refractivity contribution in [1.29, 1.82) is 0 Å². The Hall–Kier alpha value is -3.28. The molecule has 2 heterocycles. The van der Waals surface area contributed by atoms with Crippen LogP contribution in [0.4, 0.5) is 23.1 Å². The van der Waals surface area contributed by atoms with Gasteiger partial charge in [-0.3, -0.25) is 0 Å². The van der Waals surface area contributed by atoms with Gasteiger partial charge in [0.2, 0.25) is 5.95 Å². The second-order valence-electron chi connectivity index (χ2n) is 6.64. The lowest BCUT2D eigenvalue weighted by Crippen LogP contribution is -2.15. The highest BCUT2D eigenvalue weighted by Crippen LogP contribution is 2.33. The lowest BCUT2D eigenvalue weighted by molar-refractivity contribution is 0.171. The summed E-state index contributed by atoms with van der Waals surface area (Å²) in [5.41, 5.74) is 5.09. The van der Waals surface area contributed by atoms with Crippen molar-refractivity contribution in [3.8, 4) is 11.5 Å². The highest BCUT2D eigenvalue weighted by molar-refractivity contribution is 5.64. The summed E-state index contributed by atoms with van der Waals surface area (Å²) in [5, 5.41) is 6.64. The molecule has 1 aromatic heterocycles. The Labute approximate surface area is 158 Å². The van der Waals surface area contributed by atoms with Crippen LogP contribution in [0.5, 0.6) is 11.5 Å². The Morgan fingerprint density at radius 3 is 2.48 bits per heavy atom. The summed E-state index contributed by atoms with van der Waals surface area (Å²) >= 11 is 0. The summed E-state index contributed by atoms with van der Waals surface area (Å²) in [6, 6.07) is 13.9. The van der Waals surface area contributed by atoms with E-state index in [0.29, 0.717) is 25.0 Å². The van der Waals surface area contributed by atoms with Crippen molar-refractivity contribution in [2.75, 3.05) is 23.8 Å². The fourth-order valence-electron chi connectivity index (χ4n) is 2.95. The fraction of sp³-hybridized carbons (Fsp3) is 0.238. The first kappa shape index (κ1) is 17.1. The Morgan fingerprint density at radius 2 is 1.63 bits per heavy atom. The SMILES string of the molecule is Cc1ccc(C)c(Nc2nc(C)cc(Nc3ccc4c(c3)OCCO4)n2)c1. The third kappa shape index (κ3) is 3.95. The van der Waals surface area contributed by atoms with Gasteiger partial charge in [0.15, 0.2) is 11.5 Å². The van der Waals surface area contributed by atoms with Gasteiger partial charge in [0.25, 0.3) is 0 Å². The zero-order chi connectivity index (χ0) is 18.8. The molecule has 1 aliphatic heterocycles. The number of aromatic nitrogens is 2. The minimum Gasteiger partial charge on any atom is -0.486 e. The molecule has 2 aromatic carbocycles. The van der Waals surface area contributed by atoms with E-state index in [-0.39, 0.29) is 0 Å². The minimum atomic E-state index is 0.559. The van der Waals surface area contributed by atoms with Gasteiger partial charge in [-0.2, -0.15) is 4.98 Å². The molecular weight excluding hydrogens is 340 g/mol. The van der Waals surface area contributed by atoms with Gasteiger partial charge >= 0.3 is 0 Å². The normalized spacial score (nSPS) is 12.6. The summed E-state index contributed by atoms with van der Waals surface area (Å²) in [5.74, 6) is 2.78. The van der Waals surface area contributed by atoms with Crippen LogP contribution in [0.2, 0.25) is 0 Å². The Morgan fingerprint density at radius 1 is 0.815 bits per heavy atom. The minimum absolute atomic E-state index is 0.559. The van der Waals surface area contributed by atoms with E-state index >= 15 is 0 Å². The standard InChI is InChI=1S/C21H22N4O2/c1-13-4-5-14(2)17(10-13)24-21-22-15(3)11-20(25-21)23-16-6-7-18-19(12-16)27-9-8-26-18/h4-7,10-12H,8-9H2,1-3H3,(H2,22,23,24,25). The number of fused-ring (bicyclic) bond motifs is 1. The molecule has 0 atom stereocenters. The second kappa shape index (κ2) is 7.15. The average molecular weight is 362 g/mol. The van der Waals surface area contributed by atoms with Gasteiger partial charge in [0, 0.05) is 29.2 Å². The van der Waals surface area contributed by atoms with Gasteiger partial charge in [0.1, 0.15) is 19.0 Å². The molecule has 4 rings (SSSR count). The molecule has 27 heavy (non-hydrogen) atoms. The van der Waals surface area contributed by atoms with Gasteiger partial charge in [-0.15, -0.1) is 0 Å². The van der Waals surface area contributed by atoms with Crippen molar-refractivity contribution in [2.24, 2.45) is 0 Å². The van der Waals surface area contributed by atoms with Crippen LogP contribution in [-0.2, 0) is 0 Å². The van der Waals surface area contributed by atoms with Crippen LogP contribution < -0.4 is 20.1 Å². The van der Waals surface area contributed by atoms with Crippen molar-refractivity contribution >= 4 is 23.1 Å².